The summed E-state index contributed by atoms with van der Waals surface area (Å²) in [5, 5.41) is 5.04. The maximum atomic E-state index is 13.1. The van der Waals surface area contributed by atoms with E-state index in [1.165, 1.54) is 0 Å². The number of rotatable bonds is 4. The van der Waals surface area contributed by atoms with Crippen LogP contribution < -0.4 is 16.4 Å². The lowest BCUT2D eigenvalue weighted by Gasteiger charge is -2.12. The summed E-state index contributed by atoms with van der Waals surface area (Å²) >= 11 is 0. The van der Waals surface area contributed by atoms with Gasteiger partial charge in [0.1, 0.15) is 0 Å². The smallest absolute Gasteiger partial charge is 0.255 e. The summed E-state index contributed by atoms with van der Waals surface area (Å²) < 4.78 is 26.0. The maximum Gasteiger partial charge on any atom is 0.255 e. The molecule has 0 saturated heterocycles. The molecular formula is C15H13F2N3O2. The third kappa shape index (κ3) is 3.64. The highest BCUT2D eigenvalue weighted by atomic mass is 19.2. The summed E-state index contributed by atoms with van der Waals surface area (Å²) in [6.07, 6.45) is 0. The van der Waals surface area contributed by atoms with Gasteiger partial charge in [-0.05, 0) is 30.3 Å². The van der Waals surface area contributed by atoms with E-state index in [0.29, 0.717) is 11.4 Å². The van der Waals surface area contributed by atoms with Gasteiger partial charge in [0.15, 0.2) is 11.6 Å². The number of nitrogens with one attached hydrogen (secondary N) is 2. The zero-order chi connectivity index (χ0) is 16.1. The monoisotopic (exact) mass is 305 g/mol. The molecular weight excluding hydrogens is 292 g/mol. The molecule has 2 aromatic carbocycles. The molecule has 0 aliphatic carbocycles. The number of para-hydroxylation sites is 2. The van der Waals surface area contributed by atoms with Gasteiger partial charge in [-0.1, -0.05) is 12.1 Å². The minimum atomic E-state index is -1.11. The lowest BCUT2D eigenvalue weighted by atomic mass is 10.2. The fourth-order valence-electron chi connectivity index (χ4n) is 1.73. The van der Waals surface area contributed by atoms with Crippen LogP contribution in [0.15, 0.2) is 42.5 Å². The third-order valence-electron chi connectivity index (χ3n) is 2.82. The Morgan fingerprint density at radius 2 is 1.59 bits per heavy atom. The summed E-state index contributed by atoms with van der Waals surface area (Å²) in [5.74, 6) is -3.20. The molecule has 0 atom stereocenters. The molecule has 0 fully saturated rings. The maximum absolute atomic E-state index is 13.1. The topological polar surface area (TPSA) is 84.2 Å². The van der Waals surface area contributed by atoms with Gasteiger partial charge in [-0.2, -0.15) is 0 Å². The van der Waals surface area contributed by atoms with Crippen molar-refractivity contribution in [1.29, 1.82) is 0 Å². The van der Waals surface area contributed by atoms with E-state index in [9.17, 15) is 18.4 Å². The number of hydrogen-bond acceptors (Lipinski definition) is 3. The highest BCUT2D eigenvalue weighted by molar-refractivity contribution is 6.07. The van der Waals surface area contributed by atoms with Gasteiger partial charge < -0.3 is 16.4 Å². The van der Waals surface area contributed by atoms with Crippen molar-refractivity contribution in [3.63, 3.8) is 0 Å². The molecule has 4 N–H and O–H groups in total. The van der Waals surface area contributed by atoms with E-state index in [0.717, 1.165) is 18.2 Å². The number of benzene rings is 2. The number of amides is 2. The van der Waals surface area contributed by atoms with Gasteiger partial charge in [0, 0.05) is 5.56 Å². The lowest BCUT2D eigenvalue weighted by molar-refractivity contribution is -0.114. The molecule has 0 radical (unpaired) electrons. The quantitative estimate of drug-likeness (QED) is 0.809. The number of anilines is 2. The largest absolute Gasteiger partial charge is 0.323 e. The first-order chi connectivity index (χ1) is 10.5. The third-order valence-corrected chi connectivity index (χ3v) is 2.82. The normalized spacial score (nSPS) is 10.1. The van der Waals surface area contributed by atoms with Gasteiger partial charge in [0.05, 0.1) is 17.9 Å². The Hall–Kier alpha value is -2.80. The molecule has 0 aliphatic rings. The molecule has 0 bridgehead atoms. The number of nitrogens with two attached hydrogens (primary N) is 1. The highest BCUT2D eigenvalue weighted by Gasteiger charge is 2.12. The molecule has 0 saturated carbocycles. The summed E-state index contributed by atoms with van der Waals surface area (Å²) in [7, 11) is 0. The fourth-order valence-corrected chi connectivity index (χ4v) is 1.73. The summed E-state index contributed by atoms with van der Waals surface area (Å²) in [6, 6.07) is 9.28. The number of carbonyl (C=O) groups excluding carboxylic acids is 2. The Balaban J connectivity index is 2.21. The predicted octanol–water partition coefficient (Wildman–Crippen LogP) is 2.11. The molecule has 0 spiro atoms. The van der Waals surface area contributed by atoms with E-state index in [1.54, 1.807) is 24.3 Å². The van der Waals surface area contributed by atoms with Crippen LogP contribution in [0.1, 0.15) is 10.4 Å². The molecule has 7 heteroatoms. The van der Waals surface area contributed by atoms with E-state index < -0.39 is 23.4 Å². The van der Waals surface area contributed by atoms with Crippen molar-refractivity contribution in [2.24, 2.45) is 5.73 Å². The van der Waals surface area contributed by atoms with Crippen LogP contribution in [-0.2, 0) is 4.79 Å². The molecule has 0 aliphatic heterocycles. The Morgan fingerprint density at radius 1 is 0.955 bits per heavy atom. The predicted molar refractivity (Wildman–Crippen MR) is 78.4 cm³/mol. The molecule has 2 rings (SSSR count). The van der Waals surface area contributed by atoms with Gasteiger partial charge in [0.25, 0.3) is 5.91 Å². The van der Waals surface area contributed by atoms with Crippen LogP contribution in [0, 0.1) is 11.6 Å². The van der Waals surface area contributed by atoms with Crippen LogP contribution in [0.3, 0.4) is 0 Å². The van der Waals surface area contributed by atoms with E-state index in [1.807, 2.05) is 0 Å². The van der Waals surface area contributed by atoms with Gasteiger partial charge in [-0.15, -0.1) is 0 Å². The molecule has 0 unspecified atom stereocenters. The number of hydrogen-bond donors (Lipinski definition) is 3. The molecule has 5 nitrogen and oxygen atoms in total. The Bertz CT molecular complexity index is 720. The van der Waals surface area contributed by atoms with Gasteiger partial charge in [0.2, 0.25) is 5.91 Å². The van der Waals surface area contributed by atoms with Crippen molar-refractivity contribution in [2.75, 3.05) is 17.2 Å². The molecule has 0 aromatic heterocycles. The van der Waals surface area contributed by atoms with Crippen LogP contribution in [0.2, 0.25) is 0 Å². The molecule has 22 heavy (non-hydrogen) atoms. The van der Waals surface area contributed by atoms with Crippen molar-refractivity contribution in [2.45, 2.75) is 0 Å². The molecule has 2 aromatic rings. The van der Waals surface area contributed by atoms with Crippen LogP contribution in [0.25, 0.3) is 0 Å². The Labute approximate surface area is 125 Å². The first-order valence-electron chi connectivity index (χ1n) is 6.36. The van der Waals surface area contributed by atoms with Crippen molar-refractivity contribution < 1.29 is 18.4 Å². The molecule has 2 amide bonds. The van der Waals surface area contributed by atoms with Gasteiger partial charge in [-0.3, -0.25) is 9.59 Å². The number of carbonyl (C=O) groups is 2. The SMILES string of the molecule is NCC(=O)Nc1ccccc1NC(=O)c1ccc(F)c(F)c1. The number of halogens is 2. The first kappa shape index (κ1) is 15.6. The minimum absolute atomic E-state index is 0.0427. The Kier molecular flexibility index (Phi) is 4.80. The lowest BCUT2D eigenvalue weighted by Crippen LogP contribution is -2.23. The Morgan fingerprint density at radius 3 is 2.18 bits per heavy atom. The highest BCUT2D eigenvalue weighted by Crippen LogP contribution is 2.22. The van der Waals surface area contributed by atoms with Crippen molar-refractivity contribution >= 4 is 23.2 Å². The van der Waals surface area contributed by atoms with Crippen molar-refractivity contribution in [1.82, 2.24) is 0 Å². The minimum Gasteiger partial charge on any atom is -0.323 e. The average Bonchev–Trinajstić information content (AvgIpc) is 2.51. The second kappa shape index (κ2) is 6.77. The summed E-state index contributed by atoms with van der Waals surface area (Å²) in [6.45, 7) is -0.203. The first-order valence-corrected chi connectivity index (χ1v) is 6.36. The summed E-state index contributed by atoms with van der Waals surface area (Å²) in [4.78, 5) is 23.4. The van der Waals surface area contributed by atoms with Gasteiger partial charge in [-0.25, -0.2) is 8.78 Å². The average molecular weight is 305 g/mol. The van der Waals surface area contributed by atoms with E-state index in [4.69, 9.17) is 5.73 Å². The molecule has 0 heterocycles. The van der Waals surface area contributed by atoms with Crippen LogP contribution in [0.5, 0.6) is 0 Å². The second-order valence-corrected chi connectivity index (χ2v) is 4.38. The van der Waals surface area contributed by atoms with Crippen LogP contribution >= 0.6 is 0 Å². The van der Waals surface area contributed by atoms with Crippen molar-refractivity contribution in [3.8, 4) is 0 Å². The molecule has 114 valence electrons. The fraction of sp³-hybridized carbons (Fsp3) is 0.0667. The zero-order valence-corrected chi connectivity index (χ0v) is 11.4. The van der Waals surface area contributed by atoms with Gasteiger partial charge >= 0.3 is 0 Å². The van der Waals surface area contributed by atoms with E-state index >= 15 is 0 Å². The van der Waals surface area contributed by atoms with E-state index in [2.05, 4.69) is 10.6 Å². The standard InChI is InChI=1S/C15H13F2N3O2/c16-10-6-5-9(7-11(10)17)15(22)20-13-4-2-1-3-12(13)19-14(21)8-18/h1-7H,8,18H2,(H,19,21)(H,20,22). The zero-order valence-electron chi connectivity index (χ0n) is 11.4. The van der Waals surface area contributed by atoms with Crippen LogP contribution in [0.4, 0.5) is 20.2 Å². The van der Waals surface area contributed by atoms with E-state index in [-0.39, 0.29) is 12.1 Å². The summed E-state index contributed by atoms with van der Waals surface area (Å²) in [5.41, 5.74) is 5.85. The van der Waals surface area contributed by atoms with Crippen LogP contribution in [-0.4, -0.2) is 18.4 Å². The van der Waals surface area contributed by atoms with Crippen molar-refractivity contribution in [3.05, 3.63) is 59.7 Å². The second-order valence-electron chi connectivity index (χ2n) is 4.38.